The highest BCUT2D eigenvalue weighted by molar-refractivity contribution is 6.62. The van der Waals surface area contributed by atoms with E-state index in [4.69, 9.17) is 15.8 Å². The molecule has 0 atom stereocenters. The molecule has 2 aromatic carbocycles. The summed E-state index contributed by atoms with van der Waals surface area (Å²) in [5.74, 6) is 0. The average molecular weight is 187 g/mol. The third kappa shape index (κ3) is 1.34. The van der Waals surface area contributed by atoms with Gasteiger partial charge < -0.3 is 15.8 Å². The Hall–Kier alpha value is -1.52. The Kier molecular flexibility index (Phi) is 2.15. The van der Waals surface area contributed by atoms with Crippen LogP contribution in [0.15, 0.2) is 36.4 Å². The zero-order valence-electron chi connectivity index (χ0n) is 7.51. The first kappa shape index (κ1) is 9.06. The Morgan fingerprint density at radius 1 is 0.929 bits per heavy atom. The molecule has 0 saturated carbocycles. The minimum Gasteiger partial charge on any atom is -0.423 e. The number of hydrogen-bond donors (Lipinski definition) is 3. The van der Waals surface area contributed by atoms with Crippen LogP contribution in [0.2, 0.25) is 0 Å². The summed E-state index contributed by atoms with van der Waals surface area (Å²) in [6, 6.07) is 10.7. The van der Waals surface area contributed by atoms with Crippen molar-refractivity contribution in [3.05, 3.63) is 36.4 Å². The number of rotatable bonds is 1. The van der Waals surface area contributed by atoms with E-state index in [9.17, 15) is 0 Å². The Balaban J connectivity index is 2.81. The van der Waals surface area contributed by atoms with Crippen LogP contribution in [-0.2, 0) is 0 Å². The molecule has 0 heterocycles. The number of nitrogen functional groups attached to an aromatic ring is 1. The maximum atomic E-state index is 9.13. The van der Waals surface area contributed by atoms with Gasteiger partial charge in [0.05, 0.1) is 0 Å². The van der Waals surface area contributed by atoms with E-state index in [0.717, 1.165) is 10.8 Å². The van der Waals surface area contributed by atoms with E-state index in [0.29, 0.717) is 11.2 Å². The van der Waals surface area contributed by atoms with Gasteiger partial charge in [0.2, 0.25) is 0 Å². The monoisotopic (exact) mass is 187 g/mol. The molecule has 0 bridgehead atoms. The molecule has 0 aliphatic carbocycles. The maximum absolute atomic E-state index is 9.13. The molecule has 3 nitrogen and oxygen atoms in total. The molecule has 0 aromatic heterocycles. The summed E-state index contributed by atoms with van der Waals surface area (Å²) in [5, 5.41) is 19.9. The highest BCUT2D eigenvalue weighted by Gasteiger charge is 2.14. The van der Waals surface area contributed by atoms with Crippen LogP contribution in [0.4, 0.5) is 5.69 Å². The topological polar surface area (TPSA) is 66.5 Å². The standard InChI is InChI=1S/C10H10BNO2/c12-10-6-2-3-7-8(10)4-1-5-9(7)11(13)14/h1-6,13-14H,12H2. The van der Waals surface area contributed by atoms with Gasteiger partial charge in [-0.3, -0.25) is 0 Å². The summed E-state index contributed by atoms with van der Waals surface area (Å²) in [6.45, 7) is 0. The van der Waals surface area contributed by atoms with Gasteiger partial charge in [0.25, 0.3) is 0 Å². The van der Waals surface area contributed by atoms with E-state index >= 15 is 0 Å². The Morgan fingerprint density at radius 3 is 2.29 bits per heavy atom. The predicted octanol–water partition coefficient (Wildman–Crippen LogP) is 0.102. The predicted molar refractivity (Wildman–Crippen MR) is 58.2 cm³/mol. The van der Waals surface area contributed by atoms with Crippen LogP contribution >= 0.6 is 0 Å². The van der Waals surface area contributed by atoms with Crippen LogP contribution in [-0.4, -0.2) is 17.2 Å². The van der Waals surface area contributed by atoms with Crippen molar-refractivity contribution >= 4 is 29.0 Å². The molecule has 2 aromatic rings. The van der Waals surface area contributed by atoms with Crippen molar-refractivity contribution in [2.24, 2.45) is 0 Å². The average Bonchev–Trinajstić information content (AvgIpc) is 2.17. The van der Waals surface area contributed by atoms with Crippen molar-refractivity contribution in [1.82, 2.24) is 0 Å². The first-order valence-electron chi connectivity index (χ1n) is 4.33. The van der Waals surface area contributed by atoms with Crippen LogP contribution < -0.4 is 11.2 Å². The molecule has 14 heavy (non-hydrogen) atoms. The fourth-order valence-corrected chi connectivity index (χ4v) is 1.58. The van der Waals surface area contributed by atoms with Gasteiger partial charge in [-0.2, -0.15) is 0 Å². The quantitative estimate of drug-likeness (QED) is 0.438. The van der Waals surface area contributed by atoms with Crippen molar-refractivity contribution in [3.8, 4) is 0 Å². The lowest BCUT2D eigenvalue weighted by Gasteiger charge is -2.06. The molecule has 0 amide bonds. The van der Waals surface area contributed by atoms with Gasteiger partial charge in [-0.25, -0.2) is 0 Å². The molecule has 0 spiro atoms. The van der Waals surface area contributed by atoms with Crippen molar-refractivity contribution in [1.29, 1.82) is 0 Å². The molecular formula is C10H10BNO2. The molecule has 4 N–H and O–H groups in total. The van der Waals surface area contributed by atoms with Crippen LogP contribution in [0.1, 0.15) is 0 Å². The third-order valence-corrected chi connectivity index (χ3v) is 2.27. The third-order valence-electron chi connectivity index (χ3n) is 2.27. The second kappa shape index (κ2) is 3.33. The number of fused-ring (bicyclic) bond motifs is 1. The number of hydrogen-bond acceptors (Lipinski definition) is 3. The summed E-state index contributed by atoms with van der Waals surface area (Å²) in [7, 11) is -1.46. The second-order valence-corrected chi connectivity index (χ2v) is 3.16. The van der Waals surface area contributed by atoms with Gasteiger partial charge in [0.15, 0.2) is 0 Å². The van der Waals surface area contributed by atoms with Gasteiger partial charge >= 0.3 is 7.12 Å². The zero-order valence-corrected chi connectivity index (χ0v) is 7.51. The van der Waals surface area contributed by atoms with Crippen molar-refractivity contribution < 1.29 is 10.0 Å². The lowest BCUT2D eigenvalue weighted by molar-refractivity contribution is 0.426. The number of anilines is 1. The van der Waals surface area contributed by atoms with Crippen LogP contribution in [0.25, 0.3) is 10.8 Å². The lowest BCUT2D eigenvalue weighted by Crippen LogP contribution is -2.30. The summed E-state index contributed by atoms with van der Waals surface area (Å²) in [6.07, 6.45) is 0. The Bertz CT molecular complexity index is 471. The van der Waals surface area contributed by atoms with E-state index in [1.165, 1.54) is 0 Å². The first-order valence-corrected chi connectivity index (χ1v) is 4.33. The lowest BCUT2D eigenvalue weighted by atomic mass is 9.77. The summed E-state index contributed by atoms with van der Waals surface area (Å²) in [4.78, 5) is 0. The van der Waals surface area contributed by atoms with Gasteiger partial charge in [0.1, 0.15) is 0 Å². The van der Waals surface area contributed by atoms with E-state index < -0.39 is 7.12 Å². The fraction of sp³-hybridized carbons (Fsp3) is 0. The molecule has 0 aliphatic heterocycles. The van der Waals surface area contributed by atoms with E-state index in [2.05, 4.69) is 0 Å². The molecular weight excluding hydrogens is 177 g/mol. The molecule has 0 saturated heterocycles. The van der Waals surface area contributed by atoms with Gasteiger partial charge in [-0.15, -0.1) is 0 Å². The largest absolute Gasteiger partial charge is 0.489 e. The summed E-state index contributed by atoms with van der Waals surface area (Å²) >= 11 is 0. The highest BCUT2D eigenvalue weighted by atomic mass is 16.4. The smallest absolute Gasteiger partial charge is 0.423 e. The molecule has 0 aliphatic rings. The normalized spacial score (nSPS) is 10.4. The number of benzene rings is 2. The van der Waals surface area contributed by atoms with Gasteiger partial charge in [-0.05, 0) is 16.9 Å². The number of nitrogens with two attached hydrogens (primary N) is 1. The molecule has 0 unspecified atom stereocenters. The van der Waals surface area contributed by atoms with Crippen molar-refractivity contribution in [3.63, 3.8) is 0 Å². The molecule has 0 radical (unpaired) electrons. The summed E-state index contributed by atoms with van der Waals surface area (Å²) in [5.41, 5.74) is 6.89. The summed E-state index contributed by atoms with van der Waals surface area (Å²) < 4.78 is 0. The van der Waals surface area contributed by atoms with Crippen LogP contribution in [0, 0.1) is 0 Å². The molecule has 0 fully saturated rings. The van der Waals surface area contributed by atoms with E-state index in [-0.39, 0.29) is 0 Å². The first-order chi connectivity index (χ1) is 6.70. The van der Waals surface area contributed by atoms with Crippen molar-refractivity contribution in [2.45, 2.75) is 0 Å². The second-order valence-electron chi connectivity index (χ2n) is 3.16. The minimum absolute atomic E-state index is 0.481. The SMILES string of the molecule is Nc1cccc2c(B(O)O)cccc12. The van der Waals surface area contributed by atoms with Crippen LogP contribution in [0.3, 0.4) is 0 Å². The van der Waals surface area contributed by atoms with Gasteiger partial charge in [0, 0.05) is 11.1 Å². The minimum atomic E-state index is -1.46. The molecule has 4 heteroatoms. The maximum Gasteiger partial charge on any atom is 0.489 e. The van der Waals surface area contributed by atoms with Crippen molar-refractivity contribution in [2.75, 3.05) is 5.73 Å². The van der Waals surface area contributed by atoms with Gasteiger partial charge in [-0.1, -0.05) is 30.3 Å². The van der Waals surface area contributed by atoms with E-state index in [1.54, 1.807) is 24.3 Å². The zero-order chi connectivity index (χ0) is 10.1. The molecule has 70 valence electrons. The Labute approximate surface area is 81.9 Å². The fourth-order valence-electron chi connectivity index (χ4n) is 1.58. The van der Waals surface area contributed by atoms with E-state index in [1.807, 2.05) is 12.1 Å². The van der Waals surface area contributed by atoms with Crippen LogP contribution in [0.5, 0.6) is 0 Å². The Morgan fingerprint density at radius 2 is 1.57 bits per heavy atom. The molecule has 2 rings (SSSR count). The highest BCUT2D eigenvalue weighted by Crippen LogP contribution is 2.18.